The van der Waals surface area contributed by atoms with E-state index in [0.717, 1.165) is 18.3 Å². The predicted molar refractivity (Wildman–Crippen MR) is 119 cm³/mol. The lowest BCUT2D eigenvalue weighted by Crippen LogP contribution is -2.13. The van der Waals surface area contributed by atoms with Crippen LogP contribution in [0.25, 0.3) is 22.0 Å². The minimum absolute atomic E-state index is 0.509. The van der Waals surface area contributed by atoms with E-state index in [4.69, 9.17) is 0 Å². The molecule has 142 valence electrons. The van der Waals surface area contributed by atoms with E-state index >= 15 is 0 Å². The van der Waals surface area contributed by atoms with Crippen LogP contribution >= 0.6 is 11.9 Å². The van der Waals surface area contributed by atoms with Gasteiger partial charge in [-0.2, -0.15) is 0 Å². The van der Waals surface area contributed by atoms with Gasteiger partial charge in [-0.25, -0.2) is 0 Å². The van der Waals surface area contributed by atoms with Crippen molar-refractivity contribution in [2.45, 2.75) is 51.3 Å². The van der Waals surface area contributed by atoms with Crippen molar-refractivity contribution in [2.24, 2.45) is 5.92 Å². The molecule has 1 saturated carbocycles. The fraction of sp³-hybridized carbons (Fsp3) is 0.417. The maximum Gasteiger partial charge on any atom is 0.0489 e. The molecule has 0 bridgehead atoms. The molecule has 1 atom stereocenters. The second-order valence-electron chi connectivity index (χ2n) is 8.30. The summed E-state index contributed by atoms with van der Waals surface area (Å²) >= 11 is 1.93. The molecule has 0 amide bonds. The molecule has 3 heteroatoms. The third-order valence-corrected chi connectivity index (χ3v) is 6.41. The number of nitrogens with zero attached hydrogens (tertiary/aromatic N) is 1. The highest BCUT2D eigenvalue weighted by atomic mass is 32.2. The molecule has 1 aliphatic rings. The van der Waals surface area contributed by atoms with Gasteiger partial charge in [-0.05, 0) is 47.4 Å². The highest BCUT2D eigenvalue weighted by molar-refractivity contribution is 7.98. The van der Waals surface area contributed by atoms with Crippen LogP contribution in [0.2, 0.25) is 0 Å². The van der Waals surface area contributed by atoms with Crippen LogP contribution in [0.15, 0.2) is 54.7 Å². The summed E-state index contributed by atoms with van der Waals surface area (Å²) in [6.45, 7) is 9.03. The van der Waals surface area contributed by atoms with Crippen LogP contribution < -0.4 is 4.72 Å². The van der Waals surface area contributed by atoms with E-state index in [-0.39, 0.29) is 0 Å². The standard InChI is InChI=1S/C24H30N2S/c1-17(2)15-26-16-23(18(3)14-25-27-21-10-11-21)22-12-9-20(13-24(22)26)19-7-5-4-6-8-19/h4-9,12-13,16-18,21,25H,10-11,14-15H2,1-3H3. The maximum absolute atomic E-state index is 3.60. The minimum Gasteiger partial charge on any atom is -0.347 e. The number of rotatable bonds is 8. The van der Waals surface area contributed by atoms with Crippen LogP contribution in [-0.2, 0) is 6.54 Å². The molecule has 1 heterocycles. The normalized spacial score (nSPS) is 15.6. The van der Waals surface area contributed by atoms with Gasteiger partial charge in [0.05, 0.1) is 0 Å². The number of nitrogens with one attached hydrogen (secondary N) is 1. The van der Waals surface area contributed by atoms with Crippen LogP contribution in [0.3, 0.4) is 0 Å². The zero-order valence-corrected chi connectivity index (χ0v) is 17.4. The molecule has 27 heavy (non-hydrogen) atoms. The summed E-state index contributed by atoms with van der Waals surface area (Å²) in [5, 5.41) is 2.26. The van der Waals surface area contributed by atoms with Gasteiger partial charge in [0.2, 0.25) is 0 Å². The third-order valence-electron chi connectivity index (χ3n) is 5.28. The van der Waals surface area contributed by atoms with Crippen LogP contribution in [0.5, 0.6) is 0 Å². The van der Waals surface area contributed by atoms with Crippen molar-refractivity contribution in [1.29, 1.82) is 0 Å². The Labute approximate surface area is 167 Å². The molecule has 0 aliphatic heterocycles. The van der Waals surface area contributed by atoms with Gasteiger partial charge in [0.15, 0.2) is 0 Å². The summed E-state index contributed by atoms with van der Waals surface area (Å²) in [4.78, 5) is 0. The van der Waals surface area contributed by atoms with Crippen molar-refractivity contribution in [2.75, 3.05) is 6.54 Å². The van der Waals surface area contributed by atoms with E-state index in [1.54, 1.807) is 0 Å². The first-order valence-corrected chi connectivity index (χ1v) is 11.1. The summed E-state index contributed by atoms with van der Waals surface area (Å²) in [6, 6.07) is 17.7. The quantitative estimate of drug-likeness (QED) is 0.453. The van der Waals surface area contributed by atoms with Crippen LogP contribution in [0.1, 0.15) is 45.1 Å². The molecule has 0 radical (unpaired) electrons. The number of aromatic nitrogens is 1. The lowest BCUT2D eigenvalue weighted by atomic mass is 9.98. The van der Waals surface area contributed by atoms with E-state index < -0.39 is 0 Å². The van der Waals surface area contributed by atoms with Crippen molar-refractivity contribution in [1.82, 2.24) is 9.29 Å². The first-order chi connectivity index (χ1) is 13.1. The number of benzene rings is 2. The Morgan fingerprint density at radius 2 is 1.81 bits per heavy atom. The fourth-order valence-electron chi connectivity index (χ4n) is 3.65. The molecule has 1 aliphatic carbocycles. The Morgan fingerprint density at radius 3 is 2.52 bits per heavy atom. The van der Waals surface area contributed by atoms with E-state index in [1.807, 2.05) is 11.9 Å². The molecular weight excluding hydrogens is 348 g/mol. The van der Waals surface area contributed by atoms with Gasteiger partial charge in [-0.15, -0.1) is 0 Å². The van der Waals surface area contributed by atoms with Gasteiger partial charge in [-0.3, -0.25) is 4.72 Å². The highest BCUT2D eigenvalue weighted by Gasteiger charge is 2.22. The highest BCUT2D eigenvalue weighted by Crippen LogP contribution is 2.34. The fourth-order valence-corrected chi connectivity index (χ4v) is 4.61. The Hall–Kier alpha value is -1.71. The molecule has 1 N–H and O–H groups in total. The Balaban J connectivity index is 1.66. The number of hydrogen-bond acceptors (Lipinski definition) is 2. The van der Waals surface area contributed by atoms with Crippen molar-refractivity contribution in [3.8, 4) is 11.1 Å². The SMILES string of the molecule is CC(C)Cn1cc(C(C)CNSC2CC2)c2ccc(-c3ccccc3)cc21. The monoisotopic (exact) mass is 378 g/mol. The zero-order chi connectivity index (χ0) is 18.8. The molecule has 0 saturated heterocycles. The van der Waals surface area contributed by atoms with E-state index in [2.05, 4.69) is 84.8 Å². The Bertz CT molecular complexity index is 893. The smallest absolute Gasteiger partial charge is 0.0489 e. The first-order valence-electron chi connectivity index (χ1n) is 10.2. The average molecular weight is 379 g/mol. The zero-order valence-electron chi connectivity index (χ0n) is 16.6. The van der Waals surface area contributed by atoms with Gasteiger partial charge in [-0.1, -0.05) is 75.2 Å². The Morgan fingerprint density at radius 1 is 1.04 bits per heavy atom. The minimum atomic E-state index is 0.509. The van der Waals surface area contributed by atoms with E-state index in [1.165, 1.54) is 40.4 Å². The van der Waals surface area contributed by atoms with Crippen molar-refractivity contribution in [3.05, 3.63) is 60.3 Å². The van der Waals surface area contributed by atoms with Crippen molar-refractivity contribution < 1.29 is 0 Å². The van der Waals surface area contributed by atoms with Crippen LogP contribution in [0, 0.1) is 5.92 Å². The molecule has 1 fully saturated rings. The molecule has 2 aromatic carbocycles. The van der Waals surface area contributed by atoms with Crippen LogP contribution in [0.4, 0.5) is 0 Å². The molecule has 2 nitrogen and oxygen atoms in total. The van der Waals surface area contributed by atoms with Gasteiger partial charge in [0, 0.05) is 35.4 Å². The maximum atomic E-state index is 3.60. The second kappa shape index (κ2) is 8.12. The summed E-state index contributed by atoms with van der Waals surface area (Å²) in [6.07, 6.45) is 5.15. The summed E-state index contributed by atoms with van der Waals surface area (Å²) < 4.78 is 6.07. The van der Waals surface area contributed by atoms with Crippen LogP contribution in [-0.4, -0.2) is 16.4 Å². The average Bonchev–Trinajstić information content (AvgIpc) is 3.43. The van der Waals surface area contributed by atoms with Gasteiger partial charge in [0.1, 0.15) is 0 Å². The van der Waals surface area contributed by atoms with Crippen molar-refractivity contribution in [3.63, 3.8) is 0 Å². The largest absolute Gasteiger partial charge is 0.347 e. The van der Waals surface area contributed by atoms with Gasteiger partial charge >= 0.3 is 0 Å². The van der Waals surface area contributed by atoms with E-state index in [0.29, 0.717) is 11.8 Å². The first kappa shape index (κ1) is 18.6. The van der Waals surface area contributed by atoms with Crippen molar-refractivity contribution >= 4 is 22.9 Å². The summed E-state index contributed by atoms with van der Waals surface area (Å²) in [5.74, 6) is 1.14. The predicted octanol–water partition coefficient (Wildman–Crippen LogP) is 6.47. The molecule has 0 spiro atoms. The Kier molecular flexibility index (Phi) is 5.60. The molecule has 4 rings (SSSR count). The molecule has 1 unspecified atom stereocenters. The third kappa shape index (κ3) is 4.41. The molecular formula is C24H30N2S. The number of fused-ring (bicyclic) bond motifs is 1. The lowest BCUT2D eigenvalue weighted by Gasteiger charge is -2.11. The van der Waals surface area contributed by atoms with E-state index in [9.17, 15) is 0 Å². The summed E-state index contributed by atoms with van der Waals surface area (Å²) in [5.41, 5.74) is 5.41. The van der Waals surface area contributed by atoms with Gasteiger partial charge in [0.25, 0.3) is 0 Å². The van der Waals surface area contributed by atoms with Gasteiger partial charge < -0.3 is 4.57 Å². The lowest BCUT2D eigenvalue weighted by molar-refractivity contribution is 0.533. The second-order valence-corrected chi connectivity index (χ2v) is 9.49. The number of hydrogen-bond donors (Lipinski definition) is 1. The topological polar surface area (TPSA) is 17.0 Å². The summed E-state index contributed by atoms with van der Waals surface area (Å²) in [7, 11) is 0. The molecule has 1 aromatic heterocycles. The molecule has 3 aromatic rings.